The van der Waals surface area contributed by atoms with E-state index >= 15 is 0 Å². The third-order valence-corrected chi connectivity index (χ3v) is 5.57. The first kappa shape index (κ1) is 17.7. The molecule has 0 aliphatic carbocycles. The Morgan fingerprint density at radius 2 is 2.00 bits per heavy atom. The largest absolute Gasteiger partial charge is 0.319 e. The summed E-state index contributed by atoms with van der Waals surface area (Å²) in [5, 5.41) is 8.44. The number of nitrogens with zero attached hydrogens (tertiary/aromatic N) is 2. The molecule has 2 heterocycles. The van der Waals surface area contributed by atoms with Gasteiger partial charge in [-0.25, -0.2) is 4.39 Å². The highest BCUT2D eigenvalue weighted by Gasteiger charge is 2.17. The molecule has 4 aromatic rings. The molecule has 1 amide bonds. The summed E-state index contributed by atoms with van der Waals surface area (Å²) in [6.45, 7) is 2.53. The van der Waals surface area contributed by atoms with Gasteiger partial charge in [0.1, 0.15) is 10.6 Å². The molecule has 0 fully saturated rings. The summed E-state index contributed by atoms with van der Waals surface area (Å²) in [7, 11) is 0. The average Bonchev–Trinajstić information content (AvgIpc) is 3.21. The van der Waals surface area contributed by atoms with Gasteiger partial charge in [0.15, 0.2) is 0 Å². The van der Waals surface area contributed by atoms with Gasteiger partial charge >= 0.3 is 0 Å². The van der Waals surface area contributed by atoms with Crippen molar-refractivity contribution in [1.82, 2.24) is 9.78 Å². The van der Waals surface area contributed by atoms with E-state index in [4.69, 9.17) is 11.6 Å². The van der Waals surface area contributed by atoms with Crippen molar-refractivity contribution in [1.29, 1.82) is 0 Å². The summed E-state index contributed by atoms with van der Waals surface area (Å²) in [6.07, 6.45) is 0. The molecule has 27 heavy (non-hydrogen) atoms. The quantitative estimate of drug-likeness (QED) is 0.492. The van der Waals surface area contributed by atoms with Gasteiger partial charge in [0.05, 0.1) is 22.8 Å². The molecule has 4 nitrogen and oxygen atoms in total. The Balaban J connectivity index is 1.64. The van der Waals surface area contributed by atoms with Gasteiger partial charge in [0, 0.05) is 10.4 Å². The number of fused-ring (bicyclic) bond motifs is 1. The van der Waals surface area contributed by atoms with E-state index in [0.717, 1.165) is 21.5 Å². The van der Waals surface area contributed by atoms with Crippen LogP contribution in [0.2, 0.25) is 5.02 Å². The van der Waals surface area contributed by atoms with Crippen molar-refractivity contribution in [2.45, 2.75) is 13.5 Å². The molecule has 2 aromatic carbocycles. The zero-order valence-electron chi connectivity index (χ0n) is 14.4. The van der Waals surface area contributed by atoms with E-state index < -0.39 is 5.82 Å². The Bertz CT molecular complexity index is 1140. The fourth-order valence-corrected chi connectivity index (χ4v) is 4.09. The van der Waals surface area contributed by atoms with Gasteiger partial charge in [-0.15, -0.1) is 11.3 Å². The van der Waals surface area contributed by atoms with Crippen LogP contribution < -0.4 is 5.32 Å². The van der Waals surface area contributed by atoms with Gasteiger partial charge in [-0.2, -0.15) is 5.10 Å². The number of anilines is 1. The molecule has 0 atom stereocenters. The van der Waals surface area contributed by atoms with Crippen LogP contribution in [0.1, 0.15) is 20.9 Å². The molecule has 0 bridgehead atoms. The van der Waals surface area contributed by atoms with E-state index in [9.17, 15) is 9.18 Å². The highest BCUT2D eigenvalue weighted by molar-refractivity contribution is 7.20. The summed E-state index contributed by atoms with van der Waals surface area (Å²) in [5.74, 6) is -0.900. The van der Waals surface area contributed by atoms with E-state index in [1.165, 1.54) is 29.5 Å². The second-order valence-corrected chi connectivity index (χ2v) is 7.60. The summed E-state index contributed by atoms with van der Waals surface area (Å²) in [6, 6.07) is 15.9. The molecule has 0 saturated carbocycles. The number of amides is 1. The lowest BCUT2D eigenvalue weighted by atomic mass is 10.2. The Labute approximate surface area is 164 Å². The highest BCUT2D eigenvalue weighted by atomic mass is 35.5. The first-order chi connectivity index (χ1) is 13.0. The van der Waals surface area contributed by atoms with Gasteiger partial charge in [-0.1, -0.05) is 41.9 Å². The van der Waals surface area contributed by atoms with Crippen LogP contribution in [-0.2, 0) is 6.54 Å². The second-order valence-electron chi connectivity index (χ2n) is 6.14. The van der Waals surface area contributed by atoms with Crippen molar-refractivity contribution in [2.75, 3.05) is 5.32 Å². The zero-order valence-corrected chi connectivity index (χ0v) is 15.9. The summed E-state index contributed by atoms with van der Waals surface area (Å²) >= 11 is 7.22. The number of benzene rings is 2. The smallest absolute Gasteiger partial charge is 0.265 e. The molecule has 1 N–H and O–H groups in total. The molecule has 0 saturated heterocycles. The van der Waals surface area contributed by atoms with Crippen molar-refractivity contribution in [3.63, 3.8) is 0 Å². The Kier molecular flexibility index (Phi) is 4.68. The molecular formula is C20H15ClFN3OS. The number of carbonyl (C=O) groups excluding carboxylic acids is 1. The lowest BCUT2D eigenvalue weighted by molar-refractivity contribution is 0.103. The zero-order chi connectivity index (χ0) is 19.0. The third-order valence-electron chi connectivity index (χ3n) is 4.18. The monoisotopic (exact) mass is 399 g/mol. The number of rotatable bonds is 4. The highest BCUT2D eigenvalue weighted by Crippen LogP contribution is 2.30. The number of aryl methyl sites for hydroxylation is 1. The molecule has 0 spiro atoms. The van der Waals surface area contributed by atoms with Crippen LogP contribution in [-0.4, -0.2) is 15.7 Å². The lowest BCUT2D eigenvalue weighted by Crippen LogP contribution is -2.11. The Morgan fingerprint density at radius 3 is 2.78 bits per heavy atom. The maximum absolute atomic E-state index is 13.9. The van der Waals surface area contributed by atoms with Crippen molar-refractivity contribution in [3.8, 4) is 0 Å². The fraction of sp³-hybridized carbons (Fsp3) is 0.100. The normalized spacial score (nSPS) is 11.1. The topological polar surface area (TPSA) is 46.9 Å². The van der Waals surface area contributed by atoms with Gasteiger partial charge in [0.2, 0.25) is 0 Å². The predicted octanol–water partition coefficient (Wildman–Crippen LogP) is 5.50. The summed E-state index contributed by atoms with van der Waals surface area (Å²) in [4.78, 5) is 14.0. The van der Waals surface area contributed by atoms with Crippen LogP contribution in [0.3, 0.4) is 0 Å². The molecule has 2 aromatic heterocycles. The lowest BCUT2D eigenvalue weighted by Gasteiger charge is -2.05. The van der Waals surface area contributed by atoms with Crippen molar-refractivity contribution >= 4 is 44.7 Å². The maximum atomic E-state index is 13.9. The van der Waals surface area contributed by atoms with Gasteiger partial charge < -0.3 is 5.32 Å². The molecule has 0 aliphatic rings. The van der Waals surface area contributed by atoms with Crippen LogP contribution in [0.25, 0.3) is 10.2 Å². The molecular weight excluding hydrogens is 385 g/mol. The SMILES string of the molecule is Cc1nn(Cc2ccccc2)c2sc(C(=O)Nc3cc(Cl)ccc3F)cc12. The third kappa shape index (κ3) is 3.59. The second kappa shape index (κ2) is 7.13. The Morgan fingerprint density at radius 1 is 1.22 bits per heavy atom. The number of aromatic nitrogens is 2. The van der Waals surface area contributed by atoms with Crippen LogP contribution in [0, 0.1) is 12.7 Å². The number of hydrogen-bond donors (Lipinski definition) is 1. The Hall–Kier alpha value is -2.70. The molecule has 136 valence electrons. The first-order valence-electron chi connectivity index (χ1n) is 8.28. The number of hydrogen-bond acceptors (Lipinski definition) is 3. The van der Waals surface area contributed by atoms with Crippen LogP contribution in [0.5, 0.6) is 0 Å². The van der Waals surface area contributed by atoms with E-state index in [1.54, 1.807) is 6.07 Å². The minimum Gasteiger partial charge on any atom is -0.319 e. The van der Waals surface area contributed by atoms with Crippen molar-refractivity contribution < 1.29 is 9.18 Å². The van der Waals surface area contributed by atoms with Gasteiger partial charge in [-0.05, 0) is 36.8 Å². The standard InChI is InChI=1S/C20H15ClFN3OS/c1-12-15-10-18(19(26)23-17-9-14(21)7-8-16(17)22)27-20(15)25(24-12)11-13-5-3-2-4-6-13/h2-10H,11H2,1H3,(H,23,26). The minimum absolute atomic E-state index is 0.0626. The number of nitrogens with one attached hydrogen (secondary N) is 1. The van der Waals surface area contributed by atoms with Gasteiger partial charge in [0.25, 0.3) is 5.91 Å². The average molecular weight is 400 g/mol. The molecule has 0 aliphatic heterocycles. The van der Waals surface area contributed by atoms with Crippen LogP contribution in [0.4, 0.5) is 10.1 Å². The molecule has 0 unspecified atom stereocenters. The van der Waals surface area contributed by atoms with Crippen LogP contribution >= 0.6 is 22.9 Å². The number of thiophene rings is 1. The van der Waals surface area contributed by atoms with E-state index in [2.05, 4.69) is 10.4 Å². The van der Waals surface area contributed by atoms with Crippen molar-refractivity contribution in [2.24, 2.45) is 0 Å². The summed E-state index contributed by atoms with van der Waals surface area (Å²) in [5.41, 5.74) is 2.04. The molecule has 0 radical (unpaired) electrons. The van der Waals surface area contributed by atoms with E-state index in [-0.39, 0.29) is 11.6 Å². The van der Waals surface area contributed by atoms with Crippen molar-refractivity contribution in [3.05, 3.63) is 81.6 Å². The first-order valence-corrected chi connectivity index (χ1v) is 9.48. The molecule has 4 rings (SSSR count). The van der Waals surface area contributed by atoms with Gasteiger partial charge in [-0.3, -0.25) is 9.48 Å². The van der Waals surface area contributed by atoms with Crippen LogP contribution in [0.15, 0.2) is 54.6 Å². The molecule has 7 heteroatoms. The summed E-state index contributed by atoms with van der Waals surface area (Å²) < 4.78 is 15.8. The maximum Gasteiger partial charge on any atom is 0.265 e. The number of halogens is 2. The fourth-order valence-electron chi connectivity index (χ4n) is 2.87. The number of carbonyl (C=O) groups is 1. The minimum atomic E-state index is -0.528. The van der Waals surface area contributed by atoms with E-state index in [0.29, 0.717) is 16.4 Å². The van der Waals surface area contributed by atoms with E-state index in [1.807, 2.05) is 41.9 Å². The predicted molar refractivity (Wildman–Crippen MR) is 107 cm³/mol.